The Hall–Kier alpha value is -1.60. The van der Waals surface area contributed by atoms with E-state index in [-0.39, 0.29) is 23.4 Å². The van der Waals surface area contributed by atoms with Gasteiger partial charge in [0.1, 0.15) is 0 Å². The third-order valence-electron chi connectivity index (χ3n) is 3.43. The number of hydrogen-bond acceptors (Lipinski definition) is 5. The summed E-state index contributed by atoms with van der Waals surface area (Å²) in [6.45, 7) is 10.0. The van der Waals surface area contributed by atoms with E-state index in [2.05, 4.69) is 17.2 Å². The average molecular weight is 337 g/mol. The summed E-state index contributed by atoms with van der Waals surface area (Å²) >= 11 is 1.64. The van der Waals surface area contributed by atoms with Crippen molar-refractivity contribution in [3.63, 3.8) is 0 Å². The number of aryl methyl sites for hydroxylation is 1. The van der Waals surface area contributed by atoms with Gasteiger partial charge in [-0.1, -0.05) is 11.8 Å². The van der Waals surface area contributed by atoms with Gasteiger partial charge in [-0.15, -0.1) is 0 Å². The number of benzene rings is 1. The highest BCUT2D eigenvalue weighted by Gasteiger charge is 2.29. The number of thioether (sulfide) groups is 1. The number of nitro groups is 1. The van der Waals surface area contributed by atoms with E-state index >= 15 is 0 Å². The van der Waals surface area contributed by atoms with E-state index in [0.717, 1.165) is 22.2 Å². The quantitative estimate of drug-likeness (QED) is 0.668. The lowest BCUT2D eigenvalue weighted by atomic mass is 10.1. The highest BCUT2D eigenvalue weighted by molar-refractivity contribution is 8.14. The van der Waals surface area contributed by atoms with Crippen LogP contribution in [0.15, 0.2) is 23.2 Å². The van der Waals surface area contributed by atoms with Crippen molar-refractivity contribution in [1.82, 2.24) is 5.32 Å². The van der Waals surface area contributed by atoms with Crippen LogP contribution < -0.4 is 5.32 Å². The summed E-state index contributed by atoms with van der Waals surface area (Å²) in [6, 6.07) is 4.92. The maximum absolute atomic E-state index is 10.8. The highest BCUT2D eigenvalue weighted by atomic mass is 32.2. The molecule has 1 saturated heterocycles. The summed E-state index contributed by atoms with van der Waals surface area (Å²) < 4.78 is 5.98. The predicted molar refractivity (Wildman–Crippen MR) is 94.6 cm³/mol. The molecule has 126 valence electrons. The topological polar surface area (TPSA) is 76.8 Å². The van der Waals surface area contributed by atoms with Gasteiger partial charge in [-0.3, -0.25) is 10.1 Å². The lowest BCUT2D eigenvalue weighted by Gasteiger charge is -2.28. The van der Waals surface area contributed by atoms with Crippen LogP contribution in [0.3, 0.4) is 0 Å². The van der Waals surface area contributed by atoms with Gasteiger partial charge in [-0.05, 0) is 46.2 Å². The van der Waals surface area contributed by atoms with Gasteiger partial charge < -0.3 is 10.1 Å². The van der Waals surface area contributed by atoms with Crippen LogP contribution in [0.5, 0.6) is 0 Å². The molecule has 23 heavy (non-hydrogen) atoms. The van der Waals surface area contributed by atoms with Crippen molar-refractivity contribution in [1.29, 1.82) is 0 Å². The zero-order chi connectivity index (χ0) is 17.2. The molecule has 0 aromatic heterocycles. The van der Waals surface area contributed by atoms with Crippen molar-refractivity contribution in [2.45, 2.75) is 52.4 Å². The summed E-state index contributed by atoms with van der Waals surface area (Å²) in [4.78, 5) is 15.0. The van der Waals surface area contributed by atoms with Crippen LogP contribution in [0.1, 0.15) is 33.3 Å². The molecular weight excluding hydrogens is 314 g/mol. The molecular formula is C16H23N3O3S. The molecule has 2 atom stereocenters. The molecule has 1 aliphatic heterocycles. The maximum Gasteiger partial charge on any atom is 0.269 e. The van der Waals surface area contributed by atoms with E-state index in [9.17, 15) is 10.1 Å². The number of non-ortho nitro benzene ring substituents is 1. The Morgan fingerprint density at radius 2 is 2.17 bits per heavy atom. The summed E-state index contributed by atoms with van der Waals surface area (Å²) in [6.07, 6.45) is 0.0770. The van der Waals surface area contributed by atoms with Gasteiger partial charge in [-0.25, -0.2) is 4.99 Å². The van der Waals surface area contributed by atoms with Gasteiger partial charge in [0.05, 0.1) is 28.4 Å². The Morgan fingerprint density at radius 1 is 1.48 bits per heavy atom. The average Bonchev–Trinajstić information content (AvgIpc) is 2.87. The first-order valence-corrected chi connectivity index (χ1v) is 8.55. The second-order valence-electron chi connectivity index (χ2n) is 6.64. The zero-order valence-electron chi connectivity index (χ0n) is 14.1. The van der Waals surface area contributed by atoms with Gasteiger partial charge in [-0.2, -0.15) is 0 Å². The smallest absolute Gasteiger partial charge is 0.269 e. The number of amidine groups is 1. The first-order valence-electron chi connectivity index (χ1n) is 7.56. The molecule has 1 aliphatic rings. The van der Waals surface area contributed by atoms with Gasteiger partial charge in [0.25, 0.3) is 5.69 Å². The third kappa shape index (κ3) is 4.94. The van der Waals surface area contributed by atoms with Crippen molar-refractivity contribution < 1.29 is 9.66 Å². The SMILES string of the molecule is Cc1cc([N+](=O)[O-])ccc1N=C1N[C@@H]([C@@H](C)OC(C)(C)C)CS1. The normalized spacial score (nSPS) is 21.3. The van der Waals surface area contributed by atoms with Crippen molar-refractivity contribution in [2.75, 3.05) is 5.75 Å². The van der Waals surface area contributed by atoms with E-state index < -0.39 is 4.92 Å². The van der Waals surface area contributed by atoms with E-state index in [1.807, 2.05) is 27.7 Å². The van der Waals surface area contributed by atoms with Crippen molar-refractivity contribution in [3.8, 4) is 0 Å². The molecule has 2 rings (SSSR count). The van der Waals surface area contributed by atoms with Crippen LogP contribution in [0.2, 0.25) is 0 Å². The molecule has 1 aromatic carbocycles. The number of nitrogens with one attached hydrogen (secondary N) is 1. The molecule has 7 heteroatoms. The summed E-state index contributed by atoms with van der Waals surface area (Å²) in [5, 5.41) is 15.0. The predicted octanol–water partition coefficient (Wildman–Crippen LogP) is 3.80. The molecule has 0 bridgehead atoms. The molecule has 1 fully saturated rings. The van der Waals surface area contributed by atoms with Crippen molar-refractivity contribution in [2.24, 2.45) is 4.99 Å². The minimum Gasteiger partial charge on any atom is -0.371 e. The van der Waals surface area contributed by atoms with E-state index in [1.165, 1.54) is 6.07 Å². The molecule has 0 aliphatic carbocycles. The molecule has 1 heterocycles. The van der Waals surface area contributed by atoms with E-state index in [1.54, 1.807) is 23.9 Å². The van der Waals surface area contributed by atoms with Crippen molar-refractivity contribution >= 4 is 28.3 Å². The van der Waals surface area contributed by atoms with Gasteiger partial charge in [0.15, 0.2) is 5.17 Å². The number of rotatable bonds is 4. The van der Waals surface area contributed by atoms with Gasteiger partial charge >= 0.3 is 0 Å². The lowest BCUT2D eigenvalue weighted by Crippen LogP contribution is -2.41. The number of nitro benzene ring substituents is 1. The summed E-state index contributed by atoms with van der Waals surface area (Å²) in [5.74, 6) is 0.891. The Morgan fingerprint density at radius 3 is 2.74 bits per heavy atom. The van der Waals surface area contributed by atoms with Crippen molar-refractivity contribution in [3.05, 3.63) is 33.9 Å². The Bertz CT molecular complexity index is 625. The van der Waals surface area contributed by atoms with Crippen LogP contribution in [0, 0.1) is 17.0 Å². The molecule has 0 radical (unpaired) electrons. The molecule has 1 N–H and O–H groups in total. The summed E-state index contributed by atoms with van der Waals surface area (Å²) in [7, 11) is 0. The van der Waals surface area contributed by atoms with E-state index in [4.69, 9.17) is 4.74 Å². The molecule has 0 spiro atoms. The molecule has 0 amide bonds. The standard InChI is InChI=1S/C16H23N3O3S/c1-10-8-12(19(20)21)6-7-13(10)17-15-18-14(9-23-15)11(2)22-16(3,4)5/h6-8,11,14H,9H2,1-5H3,(H,17,18)/t11-,14-/m1/s1. The second kappa shape index (κ2) is 6.88. The van der Waals surface area contributed by atoms with Crippen LogP contribution in [0.25, 0.3) is 0 Å². The van der Waals surface area contributed by atoms with E-state index in [0.29, 0.717) is 0 Å². The fourth-order valence-electron chi connectivity index (χ4n) is 2.36. The number of aliphatic imine (C=N–C) groups is 1. The van der Waals surface area contributed by atoms with Gasteiger partial charge in [0, 0.05) is 17.9 Å². The van der Waals surface area contributed by atoms with Crippen LogP contribution in [-0.4, -0.2) is 33.6 Å². The highest BCUT2D eigenvalue weighted by Crippen LogP contribution is 2.27. The lowest BCUT2D eigenvalue weighted by molar-refractivity contribution is -0.384. The molecule has 0 saturated carbocycles. The number of hydrogen-bond donors (Lipinski definition) is 1. The minimum absolute atomic E-state index is 0.0770. The molecule has 0 unspecified atom stereocenters. The summed E-state index contributed by atoms with van der Waals surface area (Å²) in [5.41, 5.74) is 1.44. The third-order valence-corrected chi connectivity index (χ3v) is 4.44. The monoisotopic (exact) mass is 337 g/mol. The fourth-order valence-corrected chi connectivity index (χ4v) is 3.45. The van der Waals surface area contributed by atoms with Crippen LogP contribution >= 0.6 is 11.8 Å². The zero-order valence-corrected chi connectivity index (χ0v) is 14.9. The Labute approximate surface area is 140 Å². The first-order chi connectivity index (χ1) is 10.7. The molecule has 6 nitrogen and oxygen atoms in total. The first kappa shape index (κ1) is 17.7. The number of nitrogens with zero attached hydrogens (tertiary/aromatic N) is 2. The van der Waals surface area contributed by atoms with Crippen LogP contribution in [0.4, 0.5) is 11.4 Å². The Balaban J connectivity index is 2.06. The second-order valence-corrected chi connectivity index (χ2v) is 7.65. The van der Waals surface area contributed by atoms with Gasteiger partial charge in [0.2, 0.25) is 0 Å². The number of ether oxygens (including phenoxy) is 1. The fraction of sp³-hybridized carbons (Fsp3) is 0.562. The Kier molecular flexibility index (Phi) is 5.31. The van der Waals surface area contributed by atoms with Crippen LogP contribution in [-0.2, 0) is 4.74 Å². The maximum atomic E-state index is 10.8. The minimum atomic E-state index is -0.395. The largest absolute Gasteiger partial charge is 0.371 e. The molecule has 1 aromatic rings.